The highest BCUT2D eigenvalue weighted by Gasteiger charge is 2.35. The van der Waals surface area contributed by atoms with E-state index >= 15 is 0 Å². The first-order valence-corrected chi connectivity index (χ1v) is 10.0. The second-order valence-corrected chi connectivity index (χ2v) is 9.56. The Kier molecular flexibility index (Phi) is 4.99. The summed E-state index contributed by atoms with van der Waals surface area (Å²) in [4.78, 5) is 2.48. The molecule has 2 nitrogen and oxygen atoms in total. The maximum atomic E-state index is 3.94. The summed E-state index contributed by atoms with van der Waals surface area (Å²) in [7, 11) is 4.53. The second-order valence-electron chi connectivity index (χ2n) is 6.94. The van der Waals surface area contributed by atoms with E-state index in [0.717, 1.165) is 11.8 Å². The number of thioether (sulfide) groups is 1. The molecule has 1 saturated carbocycles. The lowest BCUT2D eigenvalue weighted by Crippen LogP contribution is -2.53. The zero-order valence-corrected chi connectivity index (χ0v) is 15.2. The number of hydrogen-bond acceptors (Lipinski definition) is 4. The molecule has 1 unspecified atom stereocenters. The molecule has 0 aromatic carbocycles. The van der Waals surface area contributed by atoms with E-state index in [1.165, 1.54) is 42.7 Å². The van der Waals surface area contributed by atoms with Gasteiger partial charge in [0.2, 0.25) is 0 Å². The summed E-state index contributed by atoms with van der Waals surface area (Å²) in [6.45, 7) is 3.50. The van der Waals surface area contributed by atoms with Crippen molar-refractivity contribution >= 4 is 23.1 Å². The maximum Gasteiger partial charge on any atom is 0.0649 e. The predicted molar refractivity (Wildman–Crippen MR) is 94.5 cm³/mol. The summed E-state index contributed by atoms with van der Waals surface area (Å²) < 4.78 is 1.54. The van der Waals surface area contributed by atoms with E-state index < -0.39 is 0 Å². The van der Waals surface area contributed by atoms with E-state index in [0.29, 0.717) is 11.6 Å². The lowest BCUT2D eigenvalue weighted by Gasteiger charge is -2.44. The van der Waals surface area contributed by atoms with Gasteiger partial charge in [0.25, 0.3) is 0 Å². The summed E-state index contributed by atoms with van der Waals surface area (Å²) in [5.41, 5.74) is 1.93. The minimum Gasteiger partial charge on any atom is -0.308 e. The van der Waals surface area contributed by atoms with Gasteiger partial charge in [-0.3, -0.25) is 0 Å². The first-order valence-electron chi connectivity index (χ1n) is 8.26. The minimum atomic E-state index is 0.377. The van der Waals surface area contributed by atoms with Crippen molar-refractivity contribution in [1.29, 1.82) is 0 Å². The molecule has 2 heterocycles. The highest BCUT2D eigenvalue weighted by Crippen LogP contribution is 2.44. The van der Waals surface area contributed by atoms with Crippen LogP contribution in [0.25, 0.3) is 0 Å². The summed E-state index contributed by atoms with van der Waals surface area (Å²) in [5, 5.41) is 6.93. The first-order chi connectivity index (χ1) is 10.1. The molecule has 1 fully saturated rings. The molecule has 0 amide bonds. The van der Waals surface area contributed by atoms with Gasteiger partial charge in [-0.1, -0.05) is 26.2 Å². The van der Waals surface area contributed by atoms with Crippen molar-refractivity contribution in [2.24, 2.45) is 0 Å². The number of thiophene rings is 1. The quantitative estimate of drug-likeness (QED) is 0.876. The Morgan fingerprint density at radius 2 is 2.05 bits per heavy atom. The Balaban J connectivity index is 1.69. The lowest BCUT2D eigenvalue weighted by atomic mass is 9.80. The van der Waals surface area contributed by atoms with Crippen LogP contribution in [0.15, 0.2) is 15.7 Å². The molecular formula is C17H28N2S2. The molecule has 3 rings (SSSR count). The van der Waals surface area contributed by atoms with Crippen molar-refractivity contribution in [3.05, 3.63) is 17.0 Å². The van der Waals surface area contributed by atoms with Crippen molar-refractivity contribution in [1.82, 2.24) is 10.2 Å². The van der Waals surface area contributed by atoms with Gasteiger partial charge in [0.1, 0.15) is 0 Å². The third kappa shape index (κ3) is 3.34. The summed E-state index contributed by atoms with van der Waals surface area (Å²) in [5.74, 6) is 0. The van der Waals surface area contributed by atoms with Crippen molar-refractivity contribution in [3.63, 3.8) is 0 Å². The fourth-order valence-electron chi connectivity index (χ4n) is 3.85. The van der Waals surface area contributed by atoms with E-state index in [1.54, 1.807) is 5.56 Å². The smallest absolute Gasteiger partial charge is 0.0649 e. The van der Waals surface area contributed by atoms with Gasteiger partial charge < -0.3 is 10.2 Å². The lowest BCUT2D eigenvalue weighted by molar-refractivity contribution is 0.0945. The Hall–Kier alpha value is -0.0300. The van der Waals surface area contributed by atoms with Crippen LogP contribution in [0.5, 0.6) is 0 Å². The monoisotopic (exact) mass is 324 g/mol. The van der Waals surface area contributed by atoms with Crippen molar-refractivity contribution in [2.45, 2.75) is 66.5 Å². The summed E-state index contributed by atoms with van der Waals surface area (Å²) in [6, 6.07) is 2.89. The Morgan fingerprint density at radius 1 is 1.29 bits per heavy atom. The van der Waals surface area contributed by atoms with Gasteiger partial charge in [0, 0.05) is 23.4 Å². The Labute approximate surface area is 137 Å². The van der Waals surface area contributed by atoms with Crippen LogP contribution in [0, 0.1) is 0 Å². The fraction of sp³-hybridized carbons (Fsp3) is 0.765. The summed E-state index contributed by atoms with van der Waals surface area (Å²) in [6.07, 6.45) is 8.15. The van der Waals surface area contributed by atoms with Crippen LogP contribution >= 0.6 is 23.1 Å². The topological polar surface area (TPSA) is 15.3 Å². The molecule has 1 aliphatic carbocycles. The molecule has 118 valence electrons. The largest absolute Gasteiger partial charge is 0.308 e. The molecule has 0 radical (unpaired) electrons. The molecule has 0 saturated heterocycles. The van der Waals surface area contributed by atoms with Crippen molar-refractivity contribution in [2.75, 3.05) is 20.6 Å². The van der Waals surface area contributed by atoms with Crippen LogP contribution in [0.4, 0.5) is 0 Å². The summed E-state index contributed by atoms with van der Waals surface area (Å²) >= 11 is 3.97. The van der Waals surface area contributed by atoms with Crippen LogP contribution in [-0.2, 0) is 0 Å². The van der Waals surface area contributed by atoms with E-state index in [4.69, 9.17) is 0 Å². The van der Waals surface area contributed by atoms with Crippen LogP contribution in [-0.4, -0.2) is 36.3 Å². The standard InChI is InChI=1S/C17H28N2S2/c1-13-11-15(14-7-10-20-16(14)21-13)18-12-17(19(2)3)8-5-4-6-9-17/h7,10,13,15,18H,4-6,8-9,11-12H2,1-3H3/t13-,15?/m0/s1. The third-order valence-corrected chi connectivity index (χ3v) is 7.66. The van der Waals surface area contributed by atoms with Gasteiger partial charge in [-0.05, 0) is 50.4 Å². The van der Waals surface area contributed by atoms with E-state index in [2.05, 4.69) is 54.4 Å². The van der Waals surface area contributed by atoms with Crippen LogP contribution < -0.4 is 5.32 Å². The molecule has 1 aromatic rings. The highest BCUT2D eigenvalue weighted by molar-refractivity contribution is 8.01. The molecule has 0 bridgehead atoms. The van der Waals surface area contributed by atoms with E-state index in [9.17, 15) is 0 Å². The van der Waals surface area contributed by atoms with Gasteiger partial charge in [-0.25, -0.2) is 0 Å². The minimum absolute atomic E-state index is 0.377. The molecule has 2 atom stereocenters. The van der Waals surface area contributed by atoms with Crippen molar-refractivity contribution in [3.8, 4) is 0 Å². The molecule has 1 aliphatic heterocycles. The zero-order valence-electron chi connectivity index (χ0n) is 13.5. The number of rotatable bonds is 4. The molecule has 0 spiro atoms. The zero-order chi connectivity index (χ0) is 14.9. The molecule has 2 aliphatic rings. The molecule has 1 N–H and O–H groups in total. The molecule has 21 heavy (non-hydrogen) atoms. The number of nitrogens with zero attached hydrogens (tertiary/aromatic N) is 1. The Bertz CT molecular complexity index is 463. The number of hydrogen-bond donors (Lipinski definition) is 1. The second kappa shape index (κ2) is 6.61. The van der Waals surface area contributed by atoms with E-state index in [-0.39, 0.29) is 0 Å². The van der Waals surface area contributed by atoms with E-state index in [1.807, 2.05) is 11.3 Å². The van der Waals surface area contributed by atoms with Gasteiger partial charge >= 0.3 is 0 Å². The van der Waals surface area contributed by atoms with Gasteiger partial charge in [-0.15, -0.1) is 23.1 Å². The highest BCUT2D eigenvalue weighted by atomic mass is 32.2. The average molecular weight is 325 g/mol. The maximum absolute atomic E-state index is 3.94. The normalized spacial score (nSPS) is 28.6. The van der Waals surface area contributed by atoms with Crippen LogP contribution in [0.2, 0.25) is 0 Å². The number of likely N-dealkylation sites (N-methyl/N-ethyl adjacent to an activating group) is 1. The van der Waals surface area contributed by atoms with Gasteiger partial charge in [0.05, 0.1) is 4.21 Å². The first kappa shape index (κ1) is 15.9. The number of nitrogens with one attached hydrogen (secondary N) is 1. The van der Waals surface area contributed by atoms with Gasteiger partial charge in [-0.2, -0.15) is 0 Å². The van der Waals surface area contributed by atoms with Gasteiger partial charge in [0.15, 0.2) is 0 Å². The van der Waals surface area contributed by atoms with Crippen molar-refractivity contribution < 1.29 is 0 Å². The molecular weight excluding hydrogens is 296 g/mol. The van der Waals surface area contributed by atoms with Crippen LogP contribution in [0.1, 0.15) is 57.1 Å². The van der Waals surface area contributed by atoms with Crippen LogP contribution in [0.3, 0.4) is 0 Å². The molecule has 4 heteroatoms. The fourth-order valence-corrected chi connectivity index (χ4v) is 6.41. The predicted octanol–water partition coefficient (Wildman–Crippen LogP) is 4.53. The molecule has 1 aromatic heterocycles. The third-order valence-electron chi connectivity index (χ3n) is 5.32. The Morgan fingerprint density at radius 3 is 2.76 bits per heavy atom. The SMILES string of the molecule is C[C@H]1CC(NCC2(N(C)C)CCCCC2)c2ccsc2S1. The average Bonchev–Trinajstić information content (AvgIpc) is 2.93. The number of fused-ring (bicyclic) bond motifs is 1.